The van der Waals surface area contributed by atoms with Crippen LogP contribution in [0.4, 0.5) is 4.39 Å². The number of nitrogens with two attached hydrogens (primary N) is 1. The van der Waals surface area contributed by atoms with Crippen molar-refractivity contribution in [2.24, 2.45) is 5.73 Å². The molecular weight excluding hydrogens is 287 g/mol. The second-order valence-corrected chi connectivity index (χ2v) is 6.67. The number of hydrogen-bond donors (Lipinski definition) is 1. The van der Waals surface area contributed by atoms with E-state index in [0.29, 0.717) is 0 Å². The van der Waals surface area contributed by atoms with E-state index in [1.54, 1.807) is 0 Å². The summed E-state index contributed by atoms with van der Waals surface area (Å²) in [6.07, 6.45) is 0. The van der Waals surface area contributed by atoms with Crippen molar-refractivity contribution >= 4 is 15.9 Å². The van der Waals surface area contributed by atoms with Crippen LogP contribution in [0, 0.1) is 5.82 Å². The molecule has 20 heavy (non-hydrogen) atoms. The molecule has 0 radical (unpaired) electrons. The predicted octanol–water partition coefficient (Wildman–Crippen LogP) is 0.0906. The van der Waals surface area contributed by atoms with Crippen molar-refractivity contribution in [2.75, 3.05) is 19.7 Å². The highest BCUT2D eigenvalue weighted by atomic mass is 32.2. The second-order valence-electron chi connectivity index (χ2n) is 4.74. The van der Waals surface area contributed by atoms with Crippen LogP contribution >= 0.6 is 0 Å². The second kappa shape index (κ2) is 5.12. The minimum absolute atomic E-state index is 0.0346. The number of primary amides is 1. The number of carbonyl (C=O) groups excluding carboxylic acids is 1. The maximum atomic E-state index is 12.9. The highest BCUT2D eigenvalue weighted by molar-refractivity contribution is 7.89. The van der Waals surface area contributed by atoms with Crippen molar-refractivity contribution < 1.29 is 22.3 Å². The first-order chi connectivity index (χ1) is 9.25. The zero-order valence-corrected chi connectivity index (χ0v) is 11.7. The van der Waals surface area contributed by atoms with E-state index in [0.717, 1.165) is 16.4 Å². The van der Waals surface area contributed by atoms with Gasteiger partial charge in [0.25, 0.3) is 5.91 Å². The average molecular weight is 302 g/mol. The van der Waals surface area contributed by atoms with Crippen LogP contribution in [-0.2, 0) is 19.6 Å². The SMILES string of the molecule is C[C@]1(C(N)=O)CN(S(=O)(=O)c2ccc(F)cc2)CCO1. The molecule has 0 spiro atoms. The number of halogens is 1. The van der Waals surface area contributed by atoms with Crippen molar-refractivity contribution in [1.82, 2.24) is 4.31 Å². The molecule has 0 bridgehead atoms. The fraction of sp³-hybridized carbons (Fsp3) is 0.417. The molecule has 0 aromatic heterocycles. The van der Waals surface area contributed by atoms with Gasteiger partial charge < -0.3 is 10.5 Å². The van der Waals surface area contributed by atoms with Crippen LogP contribution in [0.1, 0.15) is 6.92 Å². The summed E-state index contributed by atoms with van der Waals surface area (Å²) < 4.78 is 44.1. The van der Waals surface area contributed by atoms with Gasteiger partial charge in [-0.3, -0.25) is 4.79 Å². The summed E-state index contributed by atoms with van der Waals surface area (Å²) in [5, 5.41) is 0. The molecule has 1 saturated heterocycles. The van der Waals surface area contributed by atoms with Crippen LogP contribution in [0.5, 0.6) is 0 Å². The molecule has 1 aliphatic rings. The first-order valence-electron chi connectivity index (χ1n) is 5.95. The van der Waals surface area contributed by atoms with Gasteiger partial charge in [0, 0.05) is 6.54 Å². The summed E-state index contributed by atoms with van der Waals surface area (Å²) in [5.41, 5.74) is 3.87. The van der Waals surface area contributed by atoms with Crippen LogP contribution < -0.4 is 5.73 Å². The Morgan fingerprint density at radius 2 is 2.00 bits per heavy atom. The maximum Gasteiger partial charge on any atom is 0.250 e. The van der Waals surface area contributed by atoms with Gasteiger partial charge in [-0.15, -0.1) is 0 Å². The lowest BCUT2D eigenvalue weighted by Gasteiger charge is -2.37. The normalized spacial score (nSPS) is 24.5. The Balaban J connectivity index is 2.30. The lowest BCUT2D eigenvalue weighted by atomic mass is 10.1. The van der Waals surface area contributed by atoms with E-state index in [9.17, 15) is 17.6 Å². The van der Waals surface area contributed by atoms with Crippen LogP contribution in [0.15, 0.2) is 29.2 Å². The summed E-state index contributed by atoms with van der Waals surface area (Å²) >= 11 is 0. The Hall–Kier alpha value is -1.51. The highest BCUT2D eigenvalue weighted by Gasteiger charge is 2.41. The summed E-state index contributed by atoms with van der Waals surface area (Å²) in [7, 11) is -3.80. The van der Waals surface area contributed by atoms with E-state index < -0.39 is 27.3 Å². The molecule has 6 nitrogen and oxygen atoms in total. The van der Waals surface area contributed by atoms with Gasteiger partial charge in [-0.25, -0.2) is 12.8 Å². The minimum Gasteiger partial charge on any atom is -0.367 e. The molecular formula is C12H15FN2O4S. The number of ether oxygens (including phenoxy) is 1. The van der Waals surface area contributed by atoms with Crippen molar-refractivity contribution in [3.05, 3.63) is 30.1 Å². The molecule has 110 valence electrons. The lowest BCUT2D eigenvalue weighted by molar-refractivity contribution is -0.148. The first kappa shape index (κ1) is 14.9. The number of nitrogens with zero attached hydrogens (tertiary/aromatic N) is 1. The molecule has 2 rings (SSSR count). The summed E-state index contributed by atoms with van der Waals surface area (Å²) in [6, 6.07) is 4.50. The summed E-state index contributed by atoms with van der Waals surface area (Å²) in [4.78, 5) is 11.3. The molecule has 0 saturated carbocycles. The van der Waals surface area contributed by atoms with E-state index >= 15 is 0 Å². The van der Waals surface area contributed by atoms with Crippen LogP contribution in [0.2, 0.25) is 0 Å². The predicted molar refractivity (Wildman–Crippen MR) is 68.7 cm³/mol. The summed E-state index contributed by atoms with van der Waals surface area (Å²) in [5.74, 6) is -1.25. The Kier molecular flexibility index (Phi) is 3.81. The number of rotatable bonds is 3. The van der Waals surface area contributed by atoms with Crippen LogP contribution in [-0.4, -0.2) is 43.9 Å². The third kappa shape index (κ3) is 2.67. The number of morpholine rings is 1. The maximum absolute atomic E-state index is 12.9. The third-order valence-electron chi connectivity index (χ3n) is 3.21. The van der Waals surface area contributed by atoms with Crippen molar-refractivity contribution in [1.29, 1.82) is 0 Å². The molecule has 1 heterocycles. The molecule has 8 heteroatoms. The minimum atomic E-state index is -3.80. The molecule has 1 atom stereocenters. The Morgan fingerprint density at radius 1 is 1.40 bits per heavy atom. The number of benzene rings is 1. The standard InChI is InChI=1S/C12H15FN2O4S/c1-12(11(14)16)8-15(6-7-19-12)20(17,18)10-4-2-9(13)3-5-10/h2-5H,6-8H2,1H3,(H2,14,16)/t12-/m1/s1. The van der Waals surface area contributed by atoms with Gasteiger partial charge in [0.15, 0.2) is 5.60 Å². The lowest BCUT2D eigenvalue weighted by Crippen LogP contribution is -2.58. The van der Waals surface area contributed by atoms with E-state index in [2.05, 4.69) is 0 Å². The topological polar surface area (TPSA) is 89.7 Å². The molecule has 1 aromatic carbocycles. The van der Waals surface area contributed by atoms with Crippen molar-refractivity contribution in [3.8, 4) is 0 Å². The van der Waals surface area contributed by atoms with Gasteiger partial charge in [-0.2, -0.15) is 4.31 Å². The number of amides is 1. The molecule has 0 aliphatic carbocycles. The van der Waals surface area contributed by atoms with Crippen molar-refractivity contribution in [2.45, 2.75) is 17.4 Å². The molecule has 1 aliphatic heterocycles. The zero-order valence-electron chi connectivity index (χ0n) is 10.9. The van der Waals surface area contributed by atoms with E-state index in [1.165, 1.54) is 19.1 Å². The van der Waals surface area contributed by atoms with Gasteiger partial charge in [-0.05, 0) is 31.2 Å². The average Bonchev–Trinajstić information content (AvgIpc) is 2.39. The number of carbonyl (C=O) groups is 1. The van der Waals surface area contributed by atoms with Gasteiger partial charge >= 0.3 is 0 Å². The van der Waals surface area contributed by atoms with Crippen molar-refractivity contribution in [3.63, 3.8) is 0 Å². The monoisotopic (exact) mass is 302 g/mol. The smallest absolute Gasteiger partial charge is 0.250 e. The number of hydrogen-bond acceptors (Lipinski definition) is 4. The van der Waals surface area contributed by atoms with Gasteiger partial charge in [0.1, 0.15) is 5.82 Å². The molecule has 2 N–H and O–H groups in total. The molecule has 1 amide bonds. The Bertz CT molecular complexity index is 617. The van der Waals surface area contributed by atoms with Crippen LogP contribution in [0.3, 0.4) is 0 Å². The quantitative estimate of drug-likeness (QED) is 0.857. The van der Waals surface area contributed by atoms with Gasteiger partial charge in [0.2, 0.25) is 10.0 Å². The highest BCUT2D eigenvalue weighted by Crippen LogP contribution is 2.23. The van der Waals surface area contributed by atoms with E-state index in [4.69, 9.17) is 10.5 Å². The molecule has 0 unspecified atom stereocenters. The Morgan fingerprint density at radius 3 is 2.55 bits per heavy atom. The first-order valence-corrected chi connectivity index (χ1v) is 7.39. The third-order valence-corrected chi connectivity index (χ3v) is 5.07. The Labute approximate surface area is 116 Å². The van der Waals surface area contributed by atoms with Gasteiger partial charge in [-0.1, -0.05) is 0 Å². The fourth-order valence-corrected chi connectivity index (χ4v) is 3.45. The van der Waals surface area contributed by atoms with Crippen LogP contribution in [0.25, 0.3) is 0 Å². The van der Waals surface area contributed by atoms with E-state index in [1.807, 2.05) is 0 Å². The van der Waals surface area contributed by atoms with E-state index in [-0.39, 0.29) is 24.6 Å². The largest absolute Gasteiger partial charge is 0.367 e. The zero-order chi connectivity index (χ0) is 15.0. The molecule has 1 fully saturated rings. The number of sulfonamides is 1. The summed E-state index contributed by atoms with van der Waals surface area (Å²) in [6.45, 7) is 1.46. The fourth-order valence-electron chi connectivity index (χ4n) is 1.94. The van der Waals surface area contributed by atoms with Gasteiger partial charge in [0.05, 0.1) is 18.0 Å². The molecule has 1 aromatic rings.